The van der Waals surface area contributed by atoms with Gasteiger partial charge >= 0.3 is 0 Å². The predicted octanol–water partition coefficient (Wildman–Crippen LogP) is 1.82. The lowest BCUT2D eigenvalue weighted by Crippen LogP contribution is -2.41. The molecule has 18 heavy (non-hydrogen) atoms. The van der Waals surface area contributed by atoms with Gasteiger partial charge in [0, 0.05) is 23.6 Å². The van der Waals surface area contributed by atoms with Gasteiger partial charge in [0.25, 0.3) is 0 Å². The van der Waals surface area contributed by atoms with Crippen molar-refractivity contribution in [3.8, 4) is 0 Å². The summed E-state index contributed by atoms with van der Waals surface area (Å²) in [6.45, 7) is 3.99. The molecule has 0 aliphatic carbocycles. The van der Waals surface area contributed by atoms with Gasteiger partial charge in [-0.05, 0) is 41.0 Å². The Bertz CT molecular complexity index is 513. The molecular formula is C12H17BrN2O2S. The summed E-state index contributed by atoms with van der Waals surface area (Å²) >= 11 is 3.32. The maximum atomic E-state index is 12.6. The minimum Gasteiger partial charge on any atom is -0.315 e. The summed E-state index contributed by atoms with van der Waals surface area (Å²) in [5, 5.41) is 3.21. The van der Waals surface area contributed by atoms with E-state index >= 15 is 0 Å². The van der Waals surface area contributed by atoms with E-state index in [9.17, 15) is 8.42 Å². The summed E-state index contributed by atoms with van der Waals surface area (Å²) in [5.41, 5.74) is 0. The third-order valence-corrected chi connectivity index (χ3v) is 6.22. The number of nitrogens with one attached hydrogen (secondary N) is 1. The molecule has 1 fully saturated rings. The average molecular weight is 333 g/mol. The van der Waals surface area contributed by atoms with Crippen LogP contribution in [0.1, 0.15) is 13.3 Å². The van der Waals surface area contributed by atoms with Crippen LogP contribution in [0, 0.1) is 0 Å². The number of nitrogens with zero attached hydrogens (tertiary/aromatic N) is 1. The third kappa shape index (κ3) is 2.61. The molecule has 1 atom stereocenters. The Kier molecular flexibility index (Phi) is 4.42. The van der Waals surface area contributed by atoms with Gasteiger partial charge in [0.1, 0.15) is 0 Å². The van der Waals surface area contributed by atoms with Crippen molar-refractivity contribution in [2.45, 2.75) is 24.3 Å². The van der Waals surface area contributed by atoms with Crippen molar-refractivity contribution in [3.05, 3.63) is 28.7 Å². The summed E-state index contributed by atoms with van der Waals surface area (Å²) in [6.07, 6.45) is 0.873. The zero-order chi connectivity index (χ0) is 13.2. The van der Waals surface area contributed by atoms with E-state index in [1.807, 2.05) is 13.0 Å². The number of likely N-dealkylation sites (N-methyl/N-ethyl adjacent to an activating group) is 1. The molecule has 6 heteroatoms. The molecular weight excluding hydrogens is 316 g/mol. The van der Waals surface area contributed by atoms with Crippen molar-refractivity contribution >= 4 is 26.0 Å². The highest BCUT2D eigenvalue weighted by Crippen LogP contribution is 2.26. The molecule has 0 amide bonds. The maximum absolute atomic E-state index is 12.6. The first-order valence-corrected chi connectivity index (χ1v) is 8.27. The van der Waals surface area contributed by atoms with E-state index in [0.717, 1.165) is 19.5 Å². The van der Waals surface area contributed by atoms with Crippen molar-refractivity contribution in [1.29, 1.82) is 0 Å². The molecule has 1 heterocycles. The molecule has 0 spiro atoms. The standard InChI is InChI=1S/C12H17BrN2O2S/c1-2-15(10-7-8-14-9-10)18(16,17)12-6-4-3-5-11(12)13/h3-6,10,14H,2,7-9H2,1H3. The largest absolute Gasteiger partial charge is 0.315 e. The lowest BCUT2D eigenvalue weighted by Gasteiger charge is -2.26. The second-order valence-corrected chi connectivity index (χ2v) is 7.00. The summed E-state index contributed by atoms with van der Waals surface area (Å²) < 4.78 is 27.5. The van der Waals surface area contributed by atoms with Gasteiger partial charge in [-0.3, -0.25) is 0 Å². The molecule has 1 N–H and O–H groups in total. The molecule has 1 aromatic rings. The number of benzene rings is 1. The van der Waals surface area contributed by atoms with Crippen LogP contribution < -0.4 is 5.32 Å². The highest BCUT2D eigenvalue weighted by molar-refractivity contribution is 9.10. The molecule has 0 radical (unpaired) electrons. The molecule has 0 aromatic heterocycles. The van der Waals surface area contributed by atoms with Crippen LogP contribution in [0.2, 0.25) is 0 Å². The van der Waals surface area contributed by atoms with Gasteiger partial charge in [-0.15, -0.1) is 0 Å². The van der Waals surface area contributed by atoms with Crippen molar-refractivity contribution in [3.63, 3.8) is 0 Å². The molecule has 1 saturated heterocycles. The Morgan fingerprint density at radius 2 is 2.17 bits per heavy atom. The van der Waals surface area contributed by atoms with Crippen LogP contribution in [-0.2, 0) is 10.0 Å². The van der Waals surface area contributed by atoms with E-state index in [0.29, 0.717) is 15.9 Å². The van der Waals surface area contributed by atoms with Crippen LogP contribution in [0.15, 0.2) is 33.6 Å². The minimum absolute atomic E-state index is 0.0621. The fourth-order valence-corrected chi connectivity index (χ4v) is 4.92. The SMILES string of the molecule is CCN(C1CCNC1)S(=O)(=O)c1ccccc1Br. The lowest BCUT2D eigenvalue weighted by molar-refractivity contribution is 0.348. The van der Waals surface area contributed by atoms with Crippen molar-refractivity contribution < 1.29 is 8.42 Å². The Morgan fingerprint density at radius 1 is 1.44 bits per heavy atom. The Balaban J connectivity index is 2.37. The van der Waals surface area contributed by atoms with E-state index in [-0.39, 0.29) is 6.04 Å². The van der Waals surface area contributed by atoms with E-state index in [4.69, 9.17) is 0 Å². The van der Waals surface area contributed by atoms with Crippen LogP contribution in [0.5, 0.6) is 0 Å². The maximum Gasteiger partial charge on any atom is 0.244 e. The lowest BCUT2D eigenvalue weighted by atomic mass is 10.3. The Labute approximate surface area is 117 Å². The molecule has 0 saturated carbocycles. The van der Waals surface area contributed by atoms with Crippen molar-refractivity contribution in [2.24, 2.45) is 0 Å². The molecule has 4 nitrogen and oxygen atoms in total. The molecule has 1 aliphatic rings. The van der Waals surface area contributed by atoms with E-state index in [1.54, 1.807) is 22.5 Å². The third-order valence-electron chi connectivity index (χ3n) is 3.18. The Hall–Kier alpha value is -0.430. The van der Waals surface area contributed by atoms with Gasteiger partial charge in [-0.1, -0.05) is 19.1 Å². The highest BCUT2D eigenvalue weighted by Gasteiger charge is 2.32. The number of sulfonamides is 1. The molecule has 1 aliphatic heterocycles. The normalized spacial score (nSPS) is 20.5. The summed E-state index contributed by atoms with van der Waals surface area (Å²) in [5.74, 6) is 0. The average Bonchev–Trinajstić information content (AvgIpc) is 2.83. The van der Waals surface area contributed by atoms with E-state index in [2.05, 4.69) is 21.2 Å². The number of hydrogen-bond donors (Lipinski definition) is 1. The van der Waals surface area contributed by atoms with Crippen LogP contribution in [0.25, 0.3) is 0 Å². The van der Waals surface area contributed by atoms with Gasteiger partial charge in [0.05, 0.1) is 4.90 Å². The smallest absolute Gasteiger partial charge is 0.244 e. The molecule has 0 bridgehead atoms. The van der Waals surface area contributed by atoms with E-state index < -0.39 is 10.0 Å². The molecule has 100 valence electrons. The van der Waals surface area contributed by atoms with Gasteiger partial charge in [-0.2, -0.15) is 4.31 Å². The molecule has 2 rings (SSSR count). The number of rotatable bonds is 4. The first-order chi connectivity index (χ1) is 8.57. The highest BCUT2D eigenvalue weighted by atomic mass is 79.9. The summed E-state index contributed by atoms with van der Waals surface area (Å²) in [7, 11) is -3.42. The van der Waals surface area contributed by atoms with Crippen LogP contribution in [0.4, 0.5) is 0 Å². The first kappa shape index (κ1) is 14.0. The number of hydrogen-bond acceptors (Lipinski definition) is 3. The fourth-order valence-electron chi connectivity index (χ4n) is 2.29. The Morgan fingerprint density at radius 3 is 2.72 bits per heavy atom. The minimum atomic E-state index is -3.42. The van der Waals surface area contributed by atoms with Gasteiger partial charge in [0.15, 0.2) is 0 Å². The van der Waals surface area contributed by atoms with Gasteiger partial charge in [-0.25, -0.2) is 8.42 Å². The second-order valence-electron chi connectivity index (χ2n) is 4.29. The van der Waals surface area contributed by atoms with Crippen LogP contribution in [-0.4, -0.2) is 38.4 Å². The van der Waals surface area contributed by atoms with Gasteiger partial charge in [0.2, 0.25) is 10.0 Å². The predicted molar refractivity (Wildman–Crippen MR) is 75.0 cm³/mol. The van der Waals surface area contributed by atoms with Gasteiger partial charge < -0.3 is 5.32 Å². The summed E-state index contributed by atoms with van der Waals surface area (Å²) in [6, 6.07) is 7.03. The summed E-state index contributed by atoms with van der Waals surface area (Å²) in [4.78, 5) is 0.346. The number of halogens is 1. The van der Waals surface area contributed by atoms with Crippen molar-refractivity contribution in [2.75, 3.05) is 19.6 Å². The monoisotopic (exact) mass is 332 g/mol. The van der Waals surface area contributed by atoms with Crippen LogP contribution in [0.3, 0.4) is 0 Å². The fraction of sp³-hybridized carbons (Fsp3) is 0.500. The quantitative estimate of drug-likeness (QED) is 0.914. The van der Waals surface area contributed by atoms with Crippen LogP contribution >= 0.6 is 15.9 Å². The zero-order valence-electron chi connectivity index (χ0n) is 10.3. The van der Waals surface area contributed by atoms with E-state index in [1.165, 1.54) is 0 Å². The van der Waals surface area contributed by atoms with Crippen molar-refractivity contribution in [1.82, 2.24) is 9.62 Å². The topological polar surface area (TPSA) is 49.4 Å². The molecule has 1 unspecified atom stereocenters. The second kappa shape index (κ2) is 5.69. The molecule has 1 aromatic carbocycles. The first-order valence-electron chi connectivity index (χ1n) is 6.04. The zero-order valence-corrected chi connectivity index (χ0v) is 12.7.